The first-order valence-electron chi connectivity index (χ1n) is 7.89. The molecule has 0 aromatic carbocycles. The van der Waals surface area contributed by atoms with Crippen LogP contribution in [0.5, 0.6) is 0 Å². The average Bonchev–Trinajstić information content (AvgIpc) is 2.74. The molecule has 5 heteroatoms. The minimum Gasteiger partial charge on any atom is -0.481 e. The van der Waals surface area contributed by atoms with Crippen molar-refractivity contribution in [3.8, 4) is 0 Å². The number of carboxylic acids is 1. The second kappa shape index (κ2) is 7.07. The van der Waals surface area contributed by atoms with Gasteiger partial charge in [-0.2, -0.15) is 0 Å². The monoisotopic (exact) mass is 282 g/mol. The van der Waals surface area contributed by atoms with Crippen LogP contribution in [0.2, 0.25) is 0 Å². The van der Waals surface area contributed by atoms with Crippen molar-refractivity contribution in [2.24, 2.45) is 5.41 Å². The minimum atomic E-state index is -0.758. The van der Waals surface area contributed by atoms with E-state index >= 15 is 0 Å². The van der Waals surface area contributed by atoms with E-state index in [9.17, 15) is 14.7 Å². The van der Waals surface area contributed by atoms with Gasteiger partial charge in [-0.05, 0) is 32.2 Å². The van der Waals surface area contributed by atoms with Crippen LogP contribution in [-0.2, 0) is 9.59 Å². The number of nitrogens with one attached hydrogen (secondary N) is 2. The first-order chi connectivity index (χ1) is 9.64. The Morgan fingerprint density at radius 2 is 1.80 bits per heavy atom. The molecule has 114 valence electrons. The molecule has 2 aliphatic rings. The second-order valence-corrected chi connectivity index (χ2v) is 6.22. The Hall–Kier alpha value is -1.10. The number of hydrogen-bond acceptors (Lipinski definition) is 3. The molecule has 1 atom stereocenters. The van der Waals surface area contributed by atoms with Crippen LogP contribution in [0.1, 0.15) is 57.8 Å². The molecular weight excluding hydrogens is 256 g/mol. The van der Waals surface area contributed by atoms with Gasteiger partial charge in [-0.15, -0.1) is 0 Å². The molecule has 20 heavy (non-hydrogen) atoms. The molecule has 0 aromatic rings. The van der Waals surface area contributed by atoms with Crippen LogP contribution in [0.3, 0.4) is 0 Å². The Labute approximate surface area is 120 Å². The molecule has 2 fully saturated rings. The lowest BCUT2D eigenvalue weighted by Crippen LogP contribution is -2.50. The van der Waals surface area contributed by atoms with E-state index in [-0.39, 0.29) is 18.5 Å². The molecule has 1 unspecified atom stereocenters. The second-order valence-electron chi connectivity index (χ2n) is 6.22. The number of aliphatic carboxylic acids is 1. The zero-order valence-corrected chi connectivity index (χ0v) is 12.1. The van der Waals surface area contributed by atoms with Gasteiger partial charge in [0.05, 0.1) is 11.5 Å². The smallest absolute Gasteiger partial charge is 0.311 e. The summed E-state index contributed by atoms with van der Waals surface area (Å²) < 4.78 is 0. The van der Waals surface area contributed by atoms with Crippen molar-refractivity contribution >= 4 is 11.9 Å². The average molecular weight is 282 g/mol. The summed E-state index contributed by atoms with van der Waals surface area (Å²) in [5.41, 5.74) is -0.737. The van der Waals surface area contributed by atoms with Crippen LogP contribution in [0, 0.1) is 5.41 Å². The van der Waals surface area contributed by atoms with Gasteiger partial charge in [-0.25, -0.2) is 0 Å². The highest BCUT2D eigenvalue weighted by molar-refractivity contribution is 5.83. The van der Waals surface area contributed by atoms with Crippen LogP contribution in [-0.4, -0.2) is 36.1 Å². The SMILES string of the molecule is O=C(NCC1(C(=O)O)CCCCC1)C1CCCCCN1. The molecule has 1 aliphatic carbocycles. The fourth-order valence-corrected chi connectivity index (χ4v) is 3.33. The number of hydrogen-bond donors (Lipinski definition) is 3. The third kappa shape index (κ3) is 3.72. The summed E-state index contributed by atoms with van der Waals surface area (Å²) in [6, 6.07) is -0.146. The maximum Gasteiger partial charge on any atom is 0.311 e. The molecule has 0 radical (unpaired) electrons. The maximum atomic E-state index is 12.2. The van der Waals surface area contributed by atoms with Gasteiger partial charge in [-0.1, -0.05) is 32.1 Å². The van der Waals surface area contributed by atoms with Crippen LogP contribution in [0.4, 0.5) is 0 Å². The maximum absolute atomic E-state index is 12.2. The molecule has 2 rings (SSSR count). The van der Waals surface area contributed by atoms with Gasteiger partial charge in [0.15, 0.2) is 0 Å². The Morgan fingerprint density at radius 3 is 2.50 bits per heavy atom. The zero-order valence-electron chi connectivity index (χ0n) is 12.1. The molecule has 1 amide bonds. The zero-order chi connectivity index (χ0) is 14.4. The van der Waals surface area contributed by atoms with E-state index in [1.165, 1.54) is 0 Å². The largest absolute Gasteiger partial charge is 0.481 e. The Morgan fingerprint density at radius 1 is 1.10 bits per heavy atom. The summed E-state index contributed by atoms with van der Waals surface area (Å²) in [6.45, 7) is 1.15. The third-order valence-electron chi connectivity index (χ3n) is 4.74. The van der Waals surface area contributed by atoms with Crippen molar-refractivity contribution in [3.05, 3.63) is 0 Å². The minimum absolute atomic E-state index is 0.0295. The summed E-state index contributed by atoms with van der Waals surface area (Å²) in [7, 11) is 0. The van der Waals surface area contributed by atoms with Crippen molar-refractivity contribution in [1.29, 1.82) is 0 Å². The van der Waals surface area contributed by atoms with Crippen LogP contribution in [0.25, 0.3) is 0 Å². The molecule has 0 spiro atoms. The Balaban J connectivity index is 1.88. The van der Waals surface area contributed by atoms with Gasteiger partial charge < -0.3 is 15.7 Å². The third-order valence-corrected chi connectivity index (χ3v) is 4.74. The van der Waals surface area contributed by atoms with Crippen molar-refractivity contribution in [1.82, 2.24) is 10.6 Å². The van der Waals surface area contributed by atoms with Gasteiger partial charge in [0.1, 0.15) is 0 Å². The number of rotatable bonds is 4. The molecule has 1 aliphatic heterocycles. The fourth-order valence-electron chi connectivity index (χ4n) is 3.33. The number of carboxylic acid groups (broad SMARTS) is 1. The first-order valence-corrected chi connectivity index (χ1v) is 7.89. The predicted molar refractivity (Wildman–Crippen MR) is 76.4 cm³/mol. The molecule has 3 N–H and O–H groups in total. The molecule has 5 nitrogen and oxygen atoms in total. The topological polar surface area (TPSA) is 78.4 Å². The van der Waals surface area contributed by atoms with Crippen LogP contribution < -0.4 is 10.6 Å². The highest BCUT2D eigenvalue weighted by Gasteiger charge is 2.40. The summed E-state index contributed by atoms with van der Waals surface area (Å²) in [5, 5.41) is 15.6. The fraction of sp³-hybridized carbons (Fsp3) is 0.867. The van der Waals surface area contributed by atoms with E-state index in [1.54, 1.807) is 0 Å². The molecule has 0 bridgehead atoms. The van der Waals surface area contributed by atoms with Crippen molar-refractivity contribution < 1.29 is 14.7 Å². The van der Waals surface area contributed by atoms with Gasteiger partial charge in [-0.3, -0.25) is 9.59 Å². The molecule has 1 saturated heterocycles. The summed E-state index contributed by atoms with van der Waals surface area (Å²) in [4.78, 5) is 23.7. The Bertz CT molecular complexity index is 343. The van der Waals surface area contributed by atoms with E-state index in [1.807, 2.05) is 0 Å². The molecule has 1 saturated carbocycles. The lowest BCUT2D eigenvalue weighted by atomic mass is 9.74. The lowest BCUT2D eigenvalue weighted by molar-refractivity contribution is -0.151. The molecule has 1 heterocycles. The van der Waals surface area contributed by atoms with Gasteiger partial charge in [0.25, 0.3) is 0 Å². The molecule has 0 aromatic heterocycles. The highest BCUT2D eigenvalue weighted by atomic mass is 16.4. The number of amides is 1. The predicted octanol–water partition coefficient (Wildman–Crippen LogP) is 1.67. The van der Waals surface area contributed by atoms with E-state index in [0.717, 1.165) is 51.5 Å². The number of carbonyl (C=O) groups is 2. The van der Waals surface area contributed by atoms with Crippen molar-refractivity contribution in [2.75, 3.05) is 13.1 Å². The van der Waals surface area contributed by atoms with Crippen LogP contribution in [0.15, 0.2) is 0 Å². The van der Waals surface area contributed by atoms with E-state index in [2.05, 4.69) is 10.6 Å². The van der Waals surface area contributed by atoms with Crippen molar-refractivity contribution in [2.45, 2.75) is 63.8 Å². The van der Waals surface area contributed by atoms with Gasteiger partial charge in [0.2, 0.25) is 5.91 Å². The van der Waals surface area contributed by atoms with Gasteiger partial charge in [0, 0.05) is 6.54 Å². The van der Waals surface area contributed by atoms with Crippen molar-refractivity contribution in [3.63, 3.8) is 0 Å². The standard InChI is InChI=1S/C15H26N2O3/c18-13(12-7-3-1-6-10-16-12)17-11-15(14(19)20)8-4-2-5-9-15/h12,16H,1-11H2,(H,17,18)(H,19,20). The van der Waals surface area contributed by atoms with E-state index < -0.39 is 11.4 Å². The lowest BCUT2D eigenvalue weighted by Gasteiger charge is -2.33. The summed E-state index contributed by atoms with van der Waals surface area (Å²) >= 11 is 0. The highest BCUT2D eigenvalue weighted by Crippen LogP contribution is 2.36. The van der Waals surface area contributed by atoms with E-state index in [0.29, 0.717) is 12.8 Å². The number of carbonyl (C=O) groups excluding carboxylic acids is 1. The summed E-state index contributed by atoms with van der Waals surface area (Å²) in [6.07, 6.45) is 8.56. The quantitative estimate of drug-likeness (QED) is 0.733. The van der Waals surface area contributed by atoms with Crippen LogP contribution >= 0.6 is 0 Å². The van der Waals surface area contributed by atoms with Gasteiger partial charge >= 0.3 is 5.97 Å². The van der Waals surface area contributed by atoms with E-state index in [4.69, 9.17) is 0 Å². The normalized spacial score (nSPS) is 26.5. The summed E-state index contributed by atoms with van der Waals surface area (Å²) in [5.74, 6) is -0.788. The first kappa shape index (κ1) is 15.3. The molecular formula is C15H26N2O3. The Kier molecular flexibility index (Phi) is 5.40.